The average Bonchev–Trinajstić information content (AvgIpc) is 1.68. The third-order valence-electron chi connectivity index (χ3n) is 0.894. The van der Waals surface area contributed by atoms with Gasteiger partial charge in [-0.3, -0.25) is 0 Å². The fraction of sp³-hybridized carbons (Fsp3) is 1.00. The standard InChI is InChI=1S/C5H13NO.ClH/c1-2-3-5(6)4-7;/h5,7H,2-4,6H2,1H3;1H. The fourth-order valence-corrected chi connectivity index (χ4v) is 0.462. The lowest BCUT2D eigenvalue weighted by Gasteiger charge is -2.02. The quantitative estimate of drug-likeness (QED) is 0.599. The lowest BCUT2D eigenvalue weighted by atomic mass is 10.2. The largest absolute Gasteiger partial charge is 0.395 e. The molecule has 3 heteroatoms. The van der Waals surface area contributed by atoms with Gasteiger partial charge in [0.1, 0.15) is 0 Å². The molecule has 0 radical (unpaired) electrons. The molecule has 0 bridgehead atoms. The number of aliphatic hydroxyl groups excluding tert-OH is 1. The van der Waals surface area contributed by atoms with Crippen LogP contribution in [-0.2, 0) is 0 Å². The van der Waals surface area contributed by atoms with Crippen LogP contribution in [0.2, 0.25) is 0 Å². The minimum Gasteiger partial charge on any atom is -0.395 e. The van der Waals surface area contributed by atoms with E-state index in [1.54, 1.807) is 0 Å². The maximum absolute atomic E-state index is 8.34. The molecular formula is C5H14ClNO. The van der Waals surface area contributed by atoms with Crippen LogP contribution in [0.1, 0.15) is 19.8 Å². The van der Waals surface area contributed by atoms with E-state index >= 15 is 0 Å². The Morgan fingerprint density at radius 3 is 2.25 bits per heavy atom. The van der Waals surface area contributed by atoms with Crippen LogP contribution < -0.4 is 5.73 Å². The van der Waals surface area contributed by atoms with Crippen LogP contribution >= 0.6 is 12.4 Å². The van der Waals surface area contributed by atoms with Crippen molar-refractivity contribution < 1.29 is 5.11 Å². The van der Waals surface area contributed by atoms with Gasteiger partial charge in [0.05, 0.1) is 6.61 Å². The molecule has 0 saturated heterocycles. The third-order valence-corrected chi connectivity index (χ3v) is 0.894. The molecule has 0 saturated carbocycles. The molecule has 0 spiro atoms. The molecule has 2 nitrogen and oxygen atoms in total. The minimum absolute atomic E-state index is 0. The highest BCUT2D eigenvalue weighted by Gasteiger charge is 1.94. The topological polar surface area (TPSA) is 46.2 Å². The Bertz CT molecular complexity index is 43.4. The van der Waals surface area contributed by atoms with E-state index in [2.05, 4.69) is 6.92 Å². The fourth-order valence-electron chi connectivity index (χ4n) is 0.462. The van der Waals surface area contributed by atoms with Crippen LogP contribution in [0.25, 0.3) is 0 Å². The van der Waals surface area contributed by atoms with Crippen molar-refractivity contribution in [2.75, 3.05) is 6.61 Å². The van der Waals surface area contributed by atoms with Crippen LogP contribution in [0.4, 0.5) is 0 Å². The molecule has 0 aliphatic rings. The second-order valence-corrected chi connectivity index (χ2v) is 1.73. The van der Waals surface area contributed by atoms with Crippen molar-refractivity contribution in [3.8, 4) is 0 Å². The molecule has 0 aromatic heterocycles. The summed E-state index contributed by atoms with van der Waals surface area (Å²) >= 11 is 0. The number of hydrogen-bond acceptors (Lipinski definition) is 2. The Balaban J connectivity index is 0. The Hall–Kier alpha value is 0.210. The van der Waals surface area contributed by atoms with Gasteiger partial charge in [0, 0.05) is 6.04 Å². The van der Waals surface area contributed by atoms with Gasteiger partial charge in [-0.25, -0.2) is 0 Å². The first kappa shape index (κ1) is 11.1. The molecule has 0 aliphatic heterocycles. The zero-order valence-corrected chi connectivity index (χ0v) is 5.95. The van der Waals surface area contributed by atoms with E-state index in [1.807, 2.05) is 0 Å². The highest BCUT2D eigenvalue weighted by atomic mass is 35.5. The SMILES string of the molecule is CCCC(N)CO.Cl. The molecule has 0 aromatic rings. The van der Waals surface area contributed by atoms with Gasteiger partial charge in [0.25, 0.3) is 0 Å². The molecule has 0 amide bonds. The van der Waals surface area contributed by atoms with E-state index in [0.29, 0.717) is 0 Å². The predicted molar refractivity (Wildman–Crippen MR) is 37.2 cm³/mol. The van der Waals surface area contributed by atoms with E-state index in [9.17, 15) is 0 Å². The maximum Gasteiger partial charge on any atom is 0.0582 e. The van der Waals surface area contributed by atoms with Crippen molar-refractivity contribution in [1.82, 2.24) is 0 Å². The molecule has 0 rings (SSSR count). The lowest BCUT2D eigenvalue weighted by molar-refractivity contribution is 0.259. The van der Waals surface area contributed by atoms with Crippen LogP contribution in [0.15, 0.2) is 0 Å². The summed E-state index contributed by atoms with van der Waals surface area (Å²) in [5, 5.41) is 8.34. The Kier molecular flexibility index (Phi) is 9.97. The highest BCUT2D eigenvalue weighted by molar-refractivity contribution is 5.85. The normalized spacial score (nSPS) is 12.4. The number of rotatable bonds is 3. The molecule has 0 heterocycles. The van der Waals surface area contributed by atoms with Crippen LogP contribution in [0, 0.1) is 0 Å². The van der Waals surface area contributed by atoms with E-state index < -0.39 is 0 Å². The summed E-state index contributed by atoms with van der Waals surface area (Å²) in [6.45, 7) is 2.17. The van der Waals surface area contributed by atoms with E-state index in [4.69, 9.17) is 10.8 Å². The van der Waals surface area contributed by atoms with E-state index in [1.165, 1.54) is 0 Å². The summed E-state index contributed by atoms with van der Waals surface area (Å²) < 4.78 is 0. The first-order valence-electron chi connectivity index (χ1n) is 2.67. The third kappa shape index (κ3) is 6.21. The van der Waals surface area contributed by atoms with Gasteiger partial charge in [0.2, 0.25) is 0 Å². The van der Waals surface area contributed by atoms with Crippen molar-refractivity contribution in [3.63, 3.8) is 0 Å². The summed E-state index contributed by atoms with van der Waals surface area (Å²) in [5.41, 5.74) is 5.33. The van der Waals surface area contributed by atoms with Crippen LogP contribution in [0.5, 0.6) is 0 Å². The van der Waals surface area contributed by atoms with Gasteiger partial charge >= 0.3 is 0 Å². The molecule has 0 aromatic carbocycles. The molecule has 1 unspecified atom stereocenters. The first-order valence-corrected chi connectivity index (χ1v) is 2.67. The molecule has 3 N–H and O–H groups in total. The molecule has 8 heavy (non-hydrogen) atoms. The van der Waals surface area contributed by atoms with Gasteiger partial charge in [-0.1, -0.05) is 13.3 Å². The number of halogens is 1. The second kappa shape index (κ2) is 7.21. The number of aliphatic hydroxyl groups is 1. The summed E-state index contributed by atoms with van der Waals surface area (Å²) in [6.07, 6.45) is 1.98. The molecular weight excluding hydrogens is 126 g/mol. The Labute approximate surface area is 56.5 Å². The van der Waals surface area contributed by atoms with Crippen LogP contribution in [-0.4, -0.2) is 17.8 Å². The zero-order valence-electron chi connectivity index (χ0n) is 5.13. The summed E-state index contributed by atoms with van der Waals surface area (Å²) in [7, 11) is 0. The Morgan fingerprint density at radius 1 is 1.62 bits per heavy atom. The molecule has 0 aliphatic carbocycles. The Morgan fingerprint density at radius 2 is 2.12 bits per heavy atom. The zero-order chi connectivity index (χ0) is 5.70. The summed E-state index contributed by atoms with van der Waals surface area (Å²) in [4.78, 5) is 0. The lowest BCUT2D eigenvalue weighted by Crippen LogP contribution is -2.23. The van der Waals surface area contributed by atoms with Gasteiger partial charge in [-0.15, -0.1) is 12.4 Å². The molecule has 0 fully saturated rings. The minimum atomic E-state index is 0. The molecule has 1 atom stereocenters. The van der Waals surface area contributed by atoms with E-state index in [-0.39, 0.29) is 25.1 Å². The maximum atomic E-state index is 8.34. The monoisotopic (exact) mass is 139 g/mol. The second-order valence-electron chi connectivity index (χ2n) is 1.73. The van der Waals surface area contributed by atoms with Gasteiger partial charge in [0.15, 0.2) is 0 Å². The van der Waals surface area contributed by atoms with Gasteiger partial charge in [-0.2, -0.15) is 0 Å². The molecule has 52 valence electrons. The van der Waals surface area contributed by atoms with Crippen LogP contribution in [0.3, 0.4) is 0 Å². The first-order chi connectivity index (χ1) is 3.31. The number of nitrogens with two attached hydrogens (primary N) is 1. The van der Waals surface area contributed by atoms with E-state index in [0.717, 1.165) is 12.8 Å². The smallest absolute Gasteiger partial charge is 0.0582 e. The van der Waals surface area contributed by atoms with Gasteiger partial charge in [-0.05, 0) is 6.42 Å². The van der Waals surface area contributed by atoms with Crippen molar-refractivity contribution in [1.29, 1.82) is 0 Å². The summed E-state index contributed by atoms with van der Waals surface area (Å²) in [5.74, 6) is 0. The van der Waals surface area contributed by atoms with Gasteiger partial charge < -0.3 is 10.8 Å². The predicted octanol–water partition coefficient (Wildman–Crippen LogP) is 0.528. The number of hydrogen-bond donors (Lipinski definition) is 2. The van der Waals surface area contributed by atoms with Crippen molar-refractivity contribution in [3.05, 3.63) is 0 Å². The highest BCUT2D eigenvalue weighted by Crippen LogP contribution is 1.89. The summed E-state index contributed by atoms with van der Waals surface area (Å²) in [6, 6.07) is 0.00463. The van der Waals surface area contributed by atoms with Crippen molar-refractivity contribution >= 4 is 12.4 Å². The van der Waals surface area contributed by atoms with Crippen molar-refractivity contribution in [2.24, 2.45) is 5.73 Å². The van der Waals surface area contributed by atoms with Crippen molar-refractivity contribution in [2.45, 2.75) is 25.8 Å². The average molecular weight is 140 g/mol.